The van der Waals surface area contributed by atoms with E-state index in [0.29, 0.717) is 44.1 Å². The normalized spacial score (nSPS) is 10.8. The average Bonchev–Trinajstić information content (AvgIpc) is 3.16. The number of nitrogens with one attached hydrogen (secondary N) is 2. The predicted molar refractivity (Wildman–Crippen MR) is 116 cm³/mol. The van der Waals surface area contributed by atoms with Crippen molar-refractivity contribution in [3.63, 3.8) is 0 Å². The van der Waals surface area contributed by atoms with E-state index < -0.39 is 6.03 Å². The van der Waals surface area contributed by atoms with Gasteiger partial charge in [-0.1, -0.05) is 27.1 Å². The van der Waals surface area contributed by atoms with Gasteiger partial charge in [0, 0.05) is 33.8 Å². The van der Waals surface area contributed by atoms with Crippen molar-refractivity contribution >= 4 is 64.1 Å². The second kappa shape index (κ2) is 8.31. The van der Waals surface area contributed by atoms with Gasteiger partial charge in [-0.15, -0.1) is 0 Å². The molecule has 0 saturated heterocycles. The van der Waals surface area contributed by atoms with Crippen molar-refractivity contribution < 1.29 is 13.5 Å². The van der Waals surface area contributed by atoms with Gasteiger partial charge in [-0.2, -0.15) is 15.0 Å². The number of nitrogens with zero attached hydrogens (tertiary/aromatic N) is 4. The minimum absolute atomic E-state index is 0.368. The maximum absolute atomic E-state index is 12.7. The molecule has 2 N–H and O–H groups in total. The van der Waals surface area contributed by atoms with E-state index in [0.717, 1.165) is 9.46 Å². The van der Waals surface area contributed by atoms with Gasteiger partial charge in [0.05, 0.1) is 25.0 Å². The third-order valence-electron chi connectivity index (χ3n) is 4.16. The lowest BCUT2D eigenvalue weighted by Crippen LogP contribution is -2.21. The molecular formula is C19H13Cl2N6O2S+. The first kappa shape index (κ1) is 20.1. The van der Waals surface area contributed by atoms with Gasteiger partial charge in [0.25, 0.3) is 0 Å². The molecule has 2 amide bonds. The highest BCUT2D eigenvalue weighted by molar-refractivity contribution is 7.44. The van der Waals surface area contributed by atoms with Crippen LogP contribution in [0.4, 0.5) is 16.2 Å². The summed E-state index contributed by atoms with van der Waals surface area (Å²) < 4.78 is 6.39. The highest BCUT2D eigenvalue weighted by Crippen LogP contribution is 2.32. The number of hydrogen-bond acceptors (Lipinski definition) is 6. The van der Waals surface area contributed by atoms with Crippen LogP contribution in [0.1, 0.15) is 0 Å². The number of anilines is 1. The van der Waals surface area contributed by atoms with E-state index in [2.05, 4.69) is 25.5 Å². The molecule has 11 heteroatoms. The molecule has 0 saturated carbocycles. The first-order valence-electron chi connectivity index (χ1n) is 8.54. The maximum Gasteiger partial charge on any atom is 0.513 e. The number of methoxy groups -OCH3 is 1. The molecule has 4 aromatic rings. The summed E-state index contributed by atoms with van der Waals surface area (Å²) in [7, 11) is 1.49. The fourth-order valence-electron chi connectivity index (χ4n) is 2.82. The summed E-state index contributed by atoms with van der Waals surface area (Å²) in [5.74, 6) is 1.00. The number of carbonyl (C=O) groups excluding carboxylic acids is 1. The number of aromatic nitrogens is 4. The first-order valence-corrected chi connectivity index (χ1v) is 9.66. The van der Waals surface area contributed by atoms with Crippen molar-refractivity contribution in [2.24, 2.45) is 0 Å². The van der Waals surface area contributed by atoms with Gasteiger partial charge in [-0.25, -0.2) is 10.3 Å². The van der Waals surface area contributed by atoms with Crippen molar-refractivity contribution in [1.29, 1.82) is 0 Å². The number of hydrogen-bond donors (Lipinski definition) is 2. The molecule has 0 aliphatic carbocycles. The number of H-pyrrole nitrogens is 1. The van der Waals surface area contributed by atoms with E-state index in [-0.39, 0.29) is 0 Å². The molecule has 2 aromatic heterocycles. The van der Waals surface area contributed by atoms with Gasteiger partial charge in [0.2, 0.25) is 0 Å². The quantitative estimate of drug-likeness (QED) is 0.419. The van der Waals surface area contributed by atoms with Crippen molar-refractivity contribution in [3.05, 3.63) is 58.8 Å². The summed E-state index contributed by atoms with van der Waals surface area (Å²) >= 11 is 17.3. The van der Waals surface area contributed by atoms with Gasteiger partial charge < -0.3 is 9.72 Å². The van der Waals surface area contributed by atoms with Crippen molar-refractivity contribution in [2.75, 3.05) is 12.4 Å². The highest BCUT2D eigenvalue weighted by Gasteiger charge is 2.24. The second-order valence-electron chi connectivity index (χ2n) is 6.14. The number of benzene rings is 2. The van der Waals surface area contributed by atoms with Crippen LogP contribution in [0, 0.1) is 0 Å². The summed E-state index contributed by atoms with van der Waals surface area (Å²) in [6.07, 6.45) is 3.14. The largest absolute Gasteiger partial charge is 0.513 e. The van der Waals surface area contributed by atoms with Gasteiger partial charge in [-0.3, -0.25) is 0 Å². The lowest BCUT2D eigenvalue weighted by atomic mass is 10.1. The Labute approximate surface area is 186 Å². The van der Waals surface area contributed by atoms with Crippen LogP contribution in [0.3, 0.4) is 0 Å². The second-order valence-corrected chi connectivity index (χ2v) is 7.38. The third kappa shape index (κ3) is 4.09. The molecule has 0 spiro atoms. The molecule has 150 valence electrons. The Balaban J connectivity index is 1.67. The smallest absolute Gasteiger partial charge is 0.492 e. The minimum atomic E-state index is -0.572. The lowest BCUT2D eigenvalue weighted by Gasteiger charge is -2.08. The summed E-state index contributed by atoms with van der Waals surface area (Å²) in [5.41, 5.74) is 2.90. The van der Waals surface area contributed by atoms with Crippen molar-refractivity contribution in [2.45, 2.75) is 0 Å². The molecule has 8 nitrogen and oxygen atoms in total. The standard InChI is InChI=1S/C19H12Cl2N6O2S/c1-29-17-3-2-10(18-25-14-8-22-23-9-15(14)26-18)4-16(17)27(30)19(28)24-13-6-11(20)5-12(21)7-13/h2-9H,1H3,(H-,22,23,24,25,26,28)/p+1. The van der Waals surface area contributed by atoms with E-state index in [4.69, 9.17) is 40.4 Å². The summed E-state index contributed by atoms with van der Waals surface area (Å²) in [5, 5.41) is 11.1. The maximum atomic E-state index is 12.7. The molecule has 0 unspecified atom stereocenters. The van der Waals surface area contributed by atoms with E-state index in [1.165, 1.54) is 7.11 Å². The summed E-state index contributed by atoms with van der Waals surface area (Å²) in [6, 6.07) is 9.34. The number of rotatable bonds is 4. The number of aromatic amines is 1. The van der Waals surface area contributed by atoms with Gasteiger partial charge >= 0.3 is 6.03 Å². The Bertz CT molecular complexity index is 1240. The molecule has 0 radical (unpaired) electrons. The van der Waals surface area contributed by atoms with Crippen LogP contribution in [0.5, 0.6) is 5.75 Å². The Morgan fingerprint density at radius 1 is 1.13 bits per heavy atom. The number of amides is 2. The number of imidazole rings is 1. The summed E-state index contributed by atoms with van der Waals surface area (Å²) in [4.78, 5) is 20.4. The Hall–Kier alpha value is -3.14. The molecule has 0 aliphatic rings. The minimum Gasteiger partial charge on any atom is -0.492 e. The van der Waals surface area contributed by atoms with Gasteiger partial charge in [0.15, 0.2) is 23.9 Å². The SMILES string of the molecule is COc1ccc(-c2nc3cnncc3[nH]2)cc1[N+](=S)C(=O)Nc1cc(Cl)cc(Cl)c1. The first-order chi connectivity index (χ1) is 14.4. The van der Waals surface area contributed by atoms with Crippen LogP contribution in [0.25, 0.3) is 22.4 Å². The van der Waals surface area contributed by atoms with E-state index in [1.807, 2.05) is 0 Å². The van der Waals surface area contributed by atoms with Crippen LogP contribution in [-0.2, 0) is 12.4 Å². The number of fused-ring (bicyclic) bond motifs is 1. The zero-order valence-corrected chi connectivity index (χ0v) is 17.7. The molecule has 30 heavy (non-hydrogen) atoms. The zero-order chi connectivity index (χ0) is 21.3. The fourth-order valence-corrected chi connectivity index (χ4v) is 3.53. The van der Waals surface area contributed by atoms with Crippen LogP contribution in [0.15, 0.2) is 48.8 Å². The Morgan fingerprint density at radius 3 is 2.57 bits per heavy atom. The van der Waals surface area contributed by atoms with E-state index >= 15 is 0 Å². The van der Waals surface area contributed by atoms with Crippen molar-refractivity contribution in [1.82, 2.24) is 20.2 Å². The topological polar surface area (TPSA) is 95.8 Å². The van der Waals surface area contributed by atoms with Crippen LogP contribution >= 0.6 is 23.2 Å². The monoisotopic (exact) mass is 459 g/mol. The Morgan fingerprint density at radius 2 is 1.87 bits per heavy atom. The van der Waals surface area contributed by atoms with Crippen LogP contribution in [-0.4, -0.2) is 37.3 Å². The Kier molecular flexibility index (Phi) is 5.58. The molecular weight excluding hydrogens is 447 g/mol. The zero-order valence-electron chi connectivity index (χ0n) is 15.4. The molecule has 2 heterocycles. The van der Waals surface area contributed by atoms with Gasteiger partial charge in [-0.05, 0) is 18.2 Å². The molecule has 0 atom stereocenters. The number of ether oxygens (including phenoxy) is 1. The highest BCUT2D eigenvalue weighted by atomic mass is 35.5. The molecule has 4 rings (SSSR count). The average molecular weight is 460 g/mol. The molecule has 0 aliphatic heterocycles. The van der Waals surface area contributed by atoms with E-state index in [9.17, 15) is 4.79 Å². The van der Waals surface area contributed by atoms with Gasteiger partial charge in [0.1, 0.15) is 17.0 Å². The number of halogens is 2. The van der Waals surface area contributed by atoms with E-state index in [1.54, 1.807) is 48.8 Å². The number of urea groups is 1. The molecule has 0 fully saturated rings. The third-order valence-corrected chi connectivity index (χ3v) is 4.96. The van der Waals surface area contributed by atoms with Crippen LogP contribution in [0.2, 0.25) is 10.0 Å². The predicted octanol–water partition coefficient (Wildman–Crippen LogP) is 4.94. The summed E-state index contributed by atoms with van der Waals surface area (Å²) in [6.45, 7) is 0. The van der Waals surface area contributed by atoms with Crippen LogP contribution < -0.4 is 10.1 Å². The number of carbonyl (C=O) groups is 1. The molecule has 2 aromatic carbocycles. The fraction of sp³-hybridized carbons (Fsp3) is 0.0526. The van der Waals surface area contributed by atoms with Crippen molar-refractivity contribution in [3.8, 4) is 17.1 Å². The lowest BCUT2D eigenvalue weighted by molar-refractivity contribution is -0.293. The molecule has 0 bridgehead atoms.